The molecule has 0 saturated heterocycles. The van der Waals surface area contributed by atoms with Gasteiger partial charge in [-0.15, -0.1) is 11.8 Å². The Balaban J connectivity index is 3.41. The van der Waals surface area contributed by atoms with Crippen molar-refractivity contribution in [2.45, 2.75) is 38.9 Å². The van der Waals surface area contributed by atoms with Crippen LogP contribution >= 0.6 is 11.8 Å². The number of nitrogens with zero attached hydrogens (tertiary/aromatic N) is 2. The van der Waals surface area contributed by atoms with Crippen molar-refractivity contribution in [3.63, 3.8) is 0 Å². The van der Waals surface area contributed by atoms with Gasteiger partial charge in [0.05, 0.1) is 33.5 Å². The number of thioether (sulfide) groups is 1. The number of hydrazine groups is 1. The summed E-state index contributed by atoms with van der Waals surface area (Å²) in [4.78, 5) is 4.34. The van der Waals surface area contributed by atoms with Gasteiger partial charge in [-0.1, -0.05) is 13.8 Å². The van der Waals surface area contributed by atoms with E-state index in [9.17, 15) is 13.2 Å². The van der Waals surface area contributed by atoms with Crippen LogP contribution in [0.15, 0.2) is 23.2 Å². The maximum Gasteiger partial charge on any atom is 0.417 e. The molecule has 0 fully saturated rings. The first-order chi connectivity index (χ1) is 10.7. The third-order valence-electron chi connectivity index (χ3n) is 3.44. The average molecular weight is 344 g/mol. The Bertz CT molecular complexity index is 616. The minimum atomic E-state index is -4.60. The SMILES string of the molecule is CCSC(=Nc1ccc(C#N)c(C(F)(F)F)c1)C(C)(CC)NN. The molecule has 1 atom stereocenters. The second-order valence-corrected chi connectivity index (χ2v) is 6.27. The number of rotatable bonds is 5. The standard InChI is InChI=1S/C15H19F3N4S/c1-4-14(3,22-20)13(23-5-2)21-11-7-6-10(9-19)12(8-11)15(16,17)18/h6-8,22H,4-5,20H2,1-3H3. The molecule has 0 bridgehead atoms. The Morgan fingerprint density at radius 1 is 1.39 bits per heavy atom. The van der Waals surface area contributed by atoms with Crippen LogP contribution in [0, 0.1) is 11.3 Å². The Hall–Kier alpha value is -1.56. The van der Waals surface area contributed by atoms with E-state index in [1.807, 2.05) is 20.8 Å². The summed E-state index contributed by atoms with van der Waals surface area (Å²) in [6.07, 6.45) is -3.98. The molecule has 0 aliphatic heterocycles. The van der Waals surface area contributed by atoms with Crippen LogP contribution in [0.1, 0.15) is 38.3 Å². The van der Waals surface area contributed by atoms with Crippen molar-refractivity contribution in [1.29, 1.82) is 5.26 Å². The highest BCUT2D eigenvalue weighted by molar-refractivity contribution is 8.14. The van der Waals surface area contributed by atoms with E-state index in [1.165, 1.54) is 17.8 Å². The van der Waals surface area contributed by atoms with Gasteiger partial charge in [-0.25, -0.2) is 10.4 Å². The molecular formula is C15H19F3N4S. The normalized spacial score (nSPS) is 15.1. The number of hydrogen-bond acceptors (Lipinski definition) is 5. The van der Waals surface area contributed by atoms with Crippen LogP contribution in [0.5, 0.6) is 0 Å². The second-order valence-electron chi connectivity index (χ2n) is 5.02. The van der Waals surface area contributed by atoms with Crippen LogP contribution in [-0.2, 0) is 6.18 Å². The highest BCUT2D eigenvalue weighted by atomic mass is 32.2. The molecule has 0 aromatic heterocycles. The summed E-state index contributed by atoms with van der Waals surface area (Å²) < 4.78 is 39.1. The number of halogens is 3. The van der Waals surface area contributed by atoms with E-state index in [4.69, 9.17) is 11.1 Å². The molecule has 1 unspecified atom stereocenters. The van der Waals surface area contributed by atoms with E-state index in [0.29, 0.717) is 17.2 Å². The molecule has 1 aromatic carbocycles. The van der Waals surface area contributed by atoms with Crippen molar-refractivity contribution in [2.75, 3.05) is 5.75 Å². The first-order valence-electron chi connectivity index (χ1n) is 7.03. The summed E-state index contributed by atoms with van der Waals surface area (Å²) in [6, 6.07) is 4.98. The van der Waals surface area contributed by atoms with E-state index < -0.39 is 22.8 Å². The van der Waals surface area contributed by atoms with Gasteiger partial charge in [-0.3, -0.25) is 5.84 Å². The molecular weight excluding hydrogens is 325 g/mol. The molecule has 0 saturated carbocycles. The maximum absolute atomic E-state index is 13.0. The zero-order chi connectivity index (χ0) is 17.7. The summed E-state index contributed by atoms with van der Waals surface area (Å²) in [6.45, 7) is 5.67. The third-order valence-corrected chi connectivity index (χ3v) is 4.54. The fraction of sp³-hybridized carbons (Fsp3) is 0.467. The molecule has 0 spiro atoms. The van der Waals surface area contributed by atoms with E-state index in [-0.39, 0.29) is 5.69 Å². The van der Waals surface area contributed by atoms with Crippen LogP contribution in [0.2, 0.25) is 0 Å². The van der Waals surface area contributed by atoms with Gasteiger partial charge in [0.2, 0.25) is 0 Å². The predicted molar refractivity (Wildman–Crippen MR) is 87.4 cm³/mol. The molecule has 0 heterocycles. The zero-order valence-electron chi connectivity index (χ0n) is 13.2. The molecule has 126 valence electrons. The minimum Gasteiger partial charge on any atom is -0.271 e. The van der Waals surface area contributed by atoms with Crippen molar-refractivity contribution in [3.05, 3.63) is 29.3 Å². The minimum absolute atomic E-state index is 0.141. The molecule has 3 N–H and O–H groups in total. The lowest BCUT2D eigenvalue weighted by Crippen LogP contribution is -2.51. The highest BCUT2D eigenvalue weighted by Gasteiger charge is 2.34. The van der Waals surface area contributed by atoms with Crippen LogP contribution in [-0.4, -0.2) is 16.3 Å². The number of nitriles is 1. The van der Waals surface area contributed by atoms with Gasteiger partial charge in [0.15, 0.2) is 0 Å². The van der Waals surface area contributed by atoms with Crippen molar-refractivity contribution in [1.82, 2.24) is 5.43 Å². The lowest BCUT2D eigenvalue weighted by Gasteiger charge is -2.28. The number of nitrogens with two attached hydrogens (primary N) is 1. The van der Waals surface area contributed by atoms with Gasteiger partial charge in [0.25, 0.3) is 0 Å². The lowest BCUT2D eigenvalue weighted by molar-refractivity contribution is -0.137. The van der Waals surface area contributed by atoms with Crippen molar-refractivity contribution >= 4 is 22.5 Å². The molecule has 0 aliphatic rings. The predicted octanol–water partition coefficient (Wildman–Crippen LogP) is 3.99. The Labute approximate surface area is 137 Å². The van der Waals surface area contributed by atoms with Crippen LogP contribution in [0.25, 0.3) is 0 Å². The molecule has 4 nitrogen and oxygen atoms in total. The molecule has 0 amide bonds. The van der Waals surface area contributed by atoms with Gasteiger partial charge in [-0.05, 0) is 37.3 Å². The molecule has 1 aromatic rings. The smallest absolute Gasteiger partial charge is 0.271 e. The third kappa shape index (κ3) is 4.70. The monoisotopic (exact) mass is 344 g/mol. The topological polar surface area (TPSA) is 74.2 Å². The molecule has 23 heavy (non-hydrogen) atoms. The Morgan fingerprint density at radius 2 is 2.04 bits per heavy atom. The highest BCUT2D eigenvalue weighted by Crippen LogP contribution is 2.35. The number of benzene rings is 1. The van der Waals surface area contributed by atoms with Gasteiger partial charge in [-0.2, -0.15) is 18.4 Å². The molecule has 0 radical (unpaired) electrons. The first-order valence-corrected chi connectivity index (χ1v) is 8.01. The number of alkyl halides is 3. The van der Waals surface area contributed by atoms with Crippen LogP contribution < -0.4 is 11.3 Å². The fourth-order valence-electron chi connectivity index (χ4n) is 1.82. The Kier molecular flexibility index (Phi) is 6.62. The second kappa shape index (κ2) is 7.81. The number of hydrogen-bond donors (Lipinski definition) is 2. The zero-order valence-corrected chi connectivity index (χ0v) is 14.0. The Morgan fingerprint density at radius 3 is 2.48 bits per heavy atom. The van der Waals surface area contributed by atoms with Crippen molar-refractivity contribution in [2.24, 2.45) is 10.8 Å². The van der Waals surface area contributed by atoms with E-state index in [2.05, 4.69) is 10.4 Å². The van der Waals surface area contributed by atoms with Crippen LogP contribution in [0.4, 0.5) is 18.9 Å². The van der Waals surface area contributed by atoms with Gasteiger partial charge >= 0.3 is 6.18 Å². The fourth-order valence-corrected chi connectivity index (χ4v) is 2.78. The van der Waals surface area contributed by atoms with Crippen molar-refractivity contribution < 1.29 is 13.2 Å². The average Bonchev–Trinajstić information content (AvgIpc) is 2.52. The molecule has 1 rings (SSSR count). The lowest BCUT2D eigenvalue weighted by atomic mass is 10.0. The van der Waals surface area contributed by atoms with Crippen molar-refractivity contribution in [3.8, 4) is 6.07 Å². The largest absolute Gasteiger partial charge is 0.417 e. The summed E-state index contributed by atoms with van der Waals surface area (Å²) in [7, 11) is 0. The quantitative estimate of drug-likeness (QED) is 0.366. The van der Waals surface area contributed by atoms with E-state index in [0.717, 1.165) is 12.1 Å². The summed E-state index contributed by atoms with van der Waals surface area (Å²) in [5.74, 6) is 6.29. The van der Waals surface area contributed by atoms with Gasteiger partial charge in [0.1, 0.15) is 0 Å². The first kappa shape index (κ1) is 19.5. The molecule has 0 aliphatic carbocycles. The summed E-state index contributed by atoms with van der Waals surface area (Å²) >= 11 is 1.41. The van der Waals surface area contributed by atoms with Gasteiger partial charge in [0, 0.05) is 0 Å². The van der Waals surface area contributed by atoms with E-state index in [1.54, 1.807) is 6.07 Å². The summed E-state index contributed by atoms with van der Waals surface area (Å²) in [5, 5.41) is 9.43. The van der Waals surface area contributed by atoms with Gasteiger partial charge < -0.3 is 0 Å². The number of aliphatic imine (C=N–C) groups is 1. The van der Waals surface area contributed by atoms with E-state index >= 15 is 0 Å². The number of nitrogens with one attached hydrogen (secondary N) is 1. The summed E-state index contributed by atoms with van der Waals surface area (Å²) in [5.41, 5.74) is 0.778. The maximum atomic E-state index is 13.0. The van der Waals surface area contributed by atoms with Crippen LogP contribution in [0.3, 0.4) is 0 Å². The molecule has 8 heteroatoms.